The Labute approximate surface area is 46.0 Å². The number of allylic oxidation sites excluding steroid dienone is 2. The van der Waals surface area contributed by atoms with Gasteiger partial charge in [-0.3, -0.25) is 0 Å². The van der Waals surface area contributed by atoms with E-state index in [4.69, 9.17) is 0 Å². The van der Waals surface area contributed by atoms with Gasteiger partial charge < -0.3 is 0 Å². The van der Waals surface area contributed by atoms with E-state index in [-0.39, 0.29) is 13.5 Å². The minimum absolute atomic E-state index is 0. The van der Waals surface area contributed by atoms with Crippen molar-refractivity contribution in [2.24, 2.45) is 0 Å². The second kappa shape index (κ2) is 4.83. The first-order chi connectivity index (χ1) is 2.27. The Hall–Kier alpha value is -0.170. The zero-order chi connectivity index (χ0) is 4.28. The average molecular weight is 102 g/mol. The van der Waals surface area contributed by atoms with Crippen molar-refractivity contribution in [3.05, 3.63) is 24.8 Å². The molecule has 0 saturated heterocycles. The van der Waals surface area contributed by atoms with Crippen molar-refractivity contribution in [3.8, 4) is 0 Å². The Morgan fingerprint density at radius 1 is 1.67 bits per heavy atom. The molecule has 0 nitrogen and oxygen atoms in total. The minimum Gasteiger partial charge on any atom is -0.197 e. The van der Waals surface area contributed by atoms with Crippen molar-refractivity contribution in [3.63, 3.8) is 0 Å². The molecule has 0 spiro atoms. The van der Waals surface area contributed by atoms with Crippen LogP contribution in [-0.4, -0.2) is 0 Å². The predicted molar refractivity (Wildman–Crippen MR) is 35.4 cm³/mol. The Kier molecular flexibility index (Phi) is 7.46. The number of hydrogen-bond donors (Lipinski definition) is 0. The fourth-order valence-corrected chi connectivity index (χ4v) is 0. The number of hydrogen-bond acceptors (Lipinski definition) is 0. The van der Waals surface area contributed by atoms with Gasteiger partial charge in [-0.2, -0.15) is 13.5 Å². The highest BCUT2D eigenvalue weighted by molar-refractivity contribution is 7.59. The molecule has 0 bridgehead atoms. The molecule has 0 saturated carbocycles. The van der Waals surface area contributed by atoms with E-state index in [0.29, 0.717) is 0 Å². The summed E-state index contributed by atoms with van der Waals surface area (Å²) in [4.78, 5) is 0. The van der Waals surface area contributed by atoms with E-state index < -0.39 is 0 Å². The van der Waals surface area contributed by atoms with Gasteiger partial charge in [0.15, 0.2) is 0 Å². The largest absolute Gasteiger partial charge is 0.197 e. The van der Waals surface area contributed by atoms with Crippen molar-refractivity contribution in [1.82, 2.24) is 0 Å². The summed E-state index contributed by atoms with van der Waals surface area (Å²) < 4.78 is 0. The van der Waals surface area contributed by atoms with Crippen LogP contribution in [0.25, 0.3) is 0 Å². The molecule has 0 N–H and O–H groups in total. The van der Waals surface area contributed by atoms with Gasteiger partial charge in [0.1, 0.15) is 0 Å². The SMILES string of the molecule is C=CC(=C)C.S. The molecular formula is C5H10S. The Morgan fingerprint density at radius 2 is 1.83 bits per heavy atom. The van der Waals surface area contributed by atoms with Crippen molar-refractivity contribution >= 4 is 13.5 Å². The normalized spacial score (nSPS) is 5.50. The van der Waals surface area contributed by atoms with Crippen molar-refractivity contribution in [1.29, 1.82) is 0 Å². The summed E-state index contributed by atoms with van der Waals surface area (Å²) >= 11 is 0. The molecule has 0 radical (unpaired) electrons. The van der Waals surface area contributed by atoms with Gasteiger partial charge in [0.05, 0.1) is 0 Å². The molecule has 0 aromatic carbocycles. The molecule has 0 aromatic rings. The Bertz CT molecular complexity index is 55.0. The smallest absolute Gasteiger partial charge is 0.0404 e. The second-order valence-corrected chi connectivity index (χ2v) is 1.05. The molecule has 0 aliphatic heterocycles. The van der Waals surface area contributed by atoms with Crippen LogP contribution in [0.2, 0.25) is 0 Å². The summed E-state index contributed by atoms with van der Waals surface area (Å²) in [5.74, 6) is 0. The molecule has 0 aromatic heterocycles. The first-order valence-electron chi connectivity index (χ1n) is 1.55. The van der Waals surface area contributed by atoms with Crippen LogP contribution < -0.4 is 0 Å². The minimum atomic E-state index is 0. The Morgan fingerprint density at radius 3 is 1.83 bits per heavy atom. The highest BCUT2D eigenvalue weighted by Gasteiger charge is 1.59. The van der Waals surface area contributed by atoms with Crippen molar-refractivity contribution < 1.29 is 0 Å². The summed E-state index contributed by atoms with van der Waals surface area (Å²) in [6.45, 7) is 8.93. The van der Waals surface area contributed by atoms with Gasteiger partial charge in [0, 0.05) is 0 Å². The van der Waals surface area contributed by atoms with Gasteiger partial charge >= 0.3 is 0 Å². The van der Waals surface area contributed by atoms with E-state index in [2.05, 4.69) is 13.2 Å². The van der Waals surface area contributed by atoms with Crippen LogP contribution in [-0.2, 0) is 0 Å². The molecule has 6 heavy (non-hydrogen) atoms. The fraction of sp³-hybridized carbons (Fsp3) is 0.200. The third kappa shape index (κ3) is 9.16. The summed E-state index contributed by atoms with van der Waals surface area (Å²) in [6.07, 6.45) is 1.72. The van der Waals surface area contributed by atoms with Crippen LogP contribution in [0.5, 0.6) is 0 Å². The monoisotopic (exact) mass is 102 g/mol. The van der Waals surface area contributed by atoms with Crippen molar-refractivity contribution in [2.75, 3.05) is 0 Å². The fourth-order valence-electron chi connectivity index (χ4n) is 0. The second-order valence-electron chi connectivity index (χ2n) is 1.05. The summed E-state index contributed by atoms with van der Waals surface area (Å²) in [5.41, 5.74) is 1.02. The van der Waals surface area contributed by atoms with E-state index in [1.165, 1.54) is 0 Å². The van der Waals surface area contributed by atoms with Crippen molar-refractivity contribution in [2.45, 2.75) is 6.92 Å². The van der Waals surface area contributed by atoms with Crippen LogP contribution in [0, 0.1) is 0 Å². The topological polar surface area (TPSA) is 0 Å². The van der Waals surface area contributed by atoms with Crippen LogP contribution >= 0.6 is 13.5 Å². The van der Waals surface area contributed by atoms with Crippen LogP contribution in [0.1, 0.15) is 6.92 Å². The van der Waals surface area contributed by atoms with Gasteiger partial charge in [0.2, 0.25) is 0 Å². The first kappa shape index (κ1) is 9.27. The molecular weight excluding hydrogens is 92.1 g/mol. The van der Waals surface area contributed by atoms with E-state index in [1.807, 2.05) is 6.92 Å². The van der Waals surface area contributed by atoms with Gasteiger partial charge in [-0.1, -0.05) is 24.8 Å². The molecule has 0 aliphatic rings. The zero-order valence-corrected chi connectivity index (χ0v) is 4.99. The van der Waals surface area contributed by atoms with Gasteiger partial charge in [-0.15, -0.1) is 0 Å². The maximum Gasteiger partial charge on any atom is -0.0404 e. The van der Waals surface area contributed by atoms with Crippen LogP contribution in [0.15, 0.2) is 24.8 Å². The van der Waals surface area contributed by atoms with Gasteiger partial charge in [0.25, 0.3) is 0 Å². The van der Waals surface area contributed by atoms with E-state index in [9.17, 15) is 0 Å². The predicted octanol–water partition coefficient (Wildman–Crippen LogP) is 1.86. The van der Waals surface area contributed by atoms with E-state index in [0.717, 1.165) is 5.57 Å². The molecule has 0 atom stereocenters. The maximum atomic E-state index is 3.56. The molecule has 0 aliphatic carbocycles. The van der Waals surface area contributed by atoms with Gasteiger partial charge in [-0.25, -0.2) is 0 Å². The lowest BCUT2D eigenvalue weighted by molar-refractivity contribution is 1.58. The molecule has 0 fully saturated rings. The standard InChI is InChI=1S/C5H8.H2S/c1-4-5(2)3;/h4H,1-2H2,3H3;1H2. The molecule has 1 heteroatoms. The third-order valence-electron chi connectivity index (χ3n) is 0.348. The lowest BCUT2D eigenvalue weighted by atomic mass is 10.4. The summed E-state index contributed by atoms with van der Waals surface area (Å²) in [6, 6.07) is 0. The quantitative estimate of drug-likeness (QED) is 0.443. The Balaban J connectivity index is 0. The molecule has 0 rings (SSSR count). The molecule has 36 valence electrons. The highest BCUT2D eigenvalue weighted by atomic mass is 32.1. The van der Waals surface area contributed by atoms with E-state index in [1.54, 1.807) is 6.08 Å². The lowest BCUT2D eigenvalue weighted by Gasteiger charge is -1.71. The van der Waals surface area contributed by atoms with Crippen LogP contribution in [0.4, 0.5) is 0 Å². The maximum absolute atomic E-state index is 3.56. The third-order valence-corrected chi connectivity index (χ3v) is 0.348. The zero-order valence-electron chi connectivity index (χ0n) is 3.99. The summed E-state index contributed by atoms with van der Waals surface area (Å²) in [7, 11) is 0. The average Bonchev–Trinajstić information content (AvgIpc) is 1.38. The number of rotatable bonds is 1. The van der Waals surface area contributed by atoms with Crippen LogP contribution in [0.3, 0.4) is 0 Å². The lowest BCUT2D eigenvalue weighted by Crippen LogP contribution is -1.50. The molecule has 0 unspecified atom stereocenters. The first-order valence-corrected chi connectivity index (χ1v) is 1.55. The van der Waals surface area contributed by atoms with E-state index >= 15 is 0 Å². The van der Waals surface area contributed by atoms with Gasteiger partial charge in [-0.05, 0) is 6.92 Å². The molecule has 0 amide bonds. The molecule has 0 heterocycles. The summed E-state index contributed by atoms with van der Waals surface area (Å²) in [5, 5.41) is 0. The highest BCUT2D eigenvalue weighted by Crippen LogP contribution is 1.81.